The Morgan fingerprint density at radius 1 is 0.710 bits per heavy atom. The summed E-state index contributed by atoms with van der Waals surface area (Å²) < 4.78 is 35.4. The van der Waals surface area contributed by atoms with Crippen molar-refractivity contribution in [2.45, 2.75) is 79.1 Å². The van der Waals surface area contributed by atoms with Gasteiger partial charge in [0.25, 0.3) is 5.69 Å². The minimum Gasteiger partial charge on any atom is -0.324 e. The largest absolute Gasteiger partial charge is 0.324 e. The molecule has 1 aromatic carbocycles. The number of rotatable bonds is 13. The van der Waals surface area contributed by atoms with E-state index in [1.54, 1.807) is 18.2 Å². The van der Waals surface area contributed by atoms with Crippen molar-refractivity contribution in [1.29, 1.82) is 0 Å². The third-order valence-electron chi connectivity index (χ3n) is 4.91. The lowest BCUT2D eigenvalue weighted by Crippen LogP contribution is -2.68. The summed E-state index contributed by atoms with van der Waals surface area (Å²) in [6, 6.07) is 7.93. The fraction of sp³-hybridized carbons (Fsp3) is 0.727. The van der Waals surface area contributed by atoms with Gasteiger partial charge in [0, 0.05) is 12.1 Å². The first kappa shape index (κ1) is 31.9. The fourth-order valence-electron chi connectivity index (χ4n) is 3.19. The lowest BCUT2D eigenvalue weighted by molar-refractivity contribution is -2.00. The van der Waals surface area contributed by atoms with Crippen LogP contribution in [-0.2, 0) is 0 Å². The average Bonchev–Trinajstić information content (AvgIpc) is 2.72. The molecule has 8 nitrogen and oxygen atoms in total. The predicted octanol–water partition coefficient (Wildman–Crippen LogP) is 1.84. The van der Waals surface area contributed by atoms with Gasteiger partial charge in [0.2, 0.25) is 0 Å². The maximum atomic E-state index is 10.0. The molecule has 0 unspecified atom stereocenters. The van der Waals surface area contributed by atoms with E-state index in [-0.39, 0.29) is 5.69 Å². The zero-order valence-electron chi connectivity index (χ0n) is 19.6. The van der Waals surface area contributed by atoms with E-state index in [2.05, 4.69) is 27.7 Å². The molecule has 9 heteroatoms. The van der Waals surface area contributed by atoms with Crippen LogP contribution in [0.1, 0.15) is 79.1 Å². The van der Waals surface area contributed by atoms with Crippen molar-refractivity contribution in [2.75, 3.05) is 26.2 Å². The average molecular weight is 465 g/mol. The highest BCUT2D eigenvalue weighted by Gasteiger charge is 2.24. The summed E-state index contributed by atoms with van der Waals surface area (Å²) in [7, 11) is -4.94. The Morgan fingerprint density at radius 2 is 1.00 bits per heavy atom. The molecule has 0 fully saturated rings. The number of nitrogens with zero attached hydrogens (tertiary/aromatic N) is 2. The monoisotopic (exact) mass is 464 g/mol. The highest BCUT2D eigenvalue weighted by atomic mass is 35.7. The van der Waals surface area contributed by atoms with Gasteiger partial charge in [-0.25, -0.2) is 18.6 Å². The van der Waals surface area contributed by atoms with Crippen molar-refractivity contribution >= 4 is 5.69 Å². The van der Waals surface area contributed by atoms with E-state index in [0.717, 1.165) is 0 Å². The molecule has 1 aromatic rings. The number of non-ortho nitro benzene ring substituents is 1. The number of para-hydroxylation sites is 1. The topological polar surface area (TPSA) is 135 Å². The van der Waals surface area contributed by atoms with Crippen molar-refractivity contribution in [2.24, 2.45) is 0 Å². The molecule has 0 atom stereocenters. The normalized spacial score (nSPS) is 11.1. The van der Waals surface area contributed by atoms with Crippen LogP contribution in [0.15, 0.2) is 30.3 Å². The molecule has 0 bridgehead atoms. The van der Waals surface area contributed by atoms with Crippen LogP contribution in [0.25, 0.3) is 0 Å². The van der Waals surface area contributed by atoms with E-state index in [1.165, 1.54) is 94.2 Å². The molecule has 0 radical (unpaired) electrons. The van der Waals surface area contributed by atoms with Gasteiger partial charge in [-0.05, 0) is 25.7 Å². The van der Waals surface area contributed by atoms with Gasteiger partial charge < -0.3 is 4.48 Å². The molecule has 0 aliphatic carbocycles. The van der Waals surface area contributed by atoms with E-state index < -0.39 is 15.2 Å². The number of nitro benzene ring substituents is 1. The summed E-state index contributed by atoms with van der Waals surface area (Å²) in [5.41, 5.74) is 0.137. The Labute approximate surface area is 190 Å². The number of quaternary nitrogens is 1. The van der Waals surface area contributed by atoms with E-state index in [9.17, 15) is 10.1 Å². The summed E-state index contributed by atoms with van der Waals surface area (Å²) >= 11 is 0. The minimum absolute atomic E-state index is 0.137. The van der Waals surface area contributed by atoms with E-state index >= 15 is 0 Å². The highest BCUT2D eigenvalue weighted by molar-refractivity contribution is 5.27. The van der Waals surface area contributed by atoms with Crippen molar-refractivity contribution in [3.05, 3.63) is 40.4 Å². The highest BCUT2D eigenvalue weighted by Crippen LogP contribution is 2.16. The molecule has 0 amide bonds. The van der Waals surface area contributed by atoms with Crippen LogP contribution in [0, 0.1) is 20.4 Å². The molecular weight excluding hydrogens is 424 g/mol. The van der Waals surface area contributed by atoms with E-state index in [1.807, 2.05) is 0 Å². The van der Waals surface area contributed by atoms with Crippen molar-refractivity contribution in [3.63, 3.8) is 0 Å². The second-order valence-electron chi connectivity index (χ2n) is 7.62. The van der Waals surface area contributed by atoms with E-state index in [0.29, 0.717) is 0 Å². The first-order chi connectivity index (χ1) is 14.5. The number of hydrogen-bond donors (Lipinski definition) is 0. The maximum absolute atomic E-state index is 10.0. The molecule has 0 aromatic heterocycles. The molecule has 0 spiro atoms. The molecule has 31 heavy (non-hydrogen) atoms. The van der Waals surface area contributed by atoms with Crippen LogP contribution < -0.4 is 18.6 Å². The third-order valence-corrected chi connectivity index (χ3v) is 4.91. The standard InChI is InChI=1S/C16H36N.C6H5NO2.ClHO4/c1-5-9-13-17(14-10-6-2,15-11-7-3)16-12-8-4;8-7(9)6-4-2-1-3-5-6;2-1(3,4)5/h5-16H2,1-4H3;1-5H;(H,2,3,4,5)/q+1;;/p-1. The Bertz CT molecular complexity index is 497. The first-order valence-corrected chi connectivity index (χ1v) is 12.4. The lowest BCUT2D eigenvalue weighted by atomic mass is 10.1. The predicted molar refractivity (Wildman–Crippen MR) is 112 cm³/mol. The quantitative estimate of drug-likeness (QED) is 0.248. The van der Waals surface area contributed by atoms with Gasteiger partial charge in [0.15, 0.2) is 0 Å². The molecule has 182 valence electrons. The molecule has 0 aliphatic heterocycles. The molecule has 0 aliphatic rings. The van der Waals surface area contributed by atoms with Crippen LogP contribution in [0.2, 0.25) is 0 Å². The van der Waals surface area contributed by atoms with Crippen LogP contribution >= 0.6 is 0 Å². The first-order valence-electron chi connectivity index (χ1n) is 11.2. The van der Waals surface area contributed by atoms with Gasteiger partial charge >= 0.3 is 0 Å². The maximum Gasteiger partial charge on any atom is 0.269 e. The minimum atomic E-state index is -4.94. The second kappa shape index (κ2) is 19.4. The summed E-state index contributed by atoms with van der Waals surface area (Å²) in [4.78, 5) is 9.59. The van der Waals surface area contributed by atoms with Crippen molar-refractivity contribution in [1.82, 2.24) is 0 Å². The van der Waals surface area contributed by atoms with E-state index in [4.69, 9.17) is 18.6 Å². The number of nitro groups is 1. The van der Waals surface area contributed by atoms with Crippen LogP contribution in [-0.4, -0.2) is 35.6 Å². The molecule has 0 heterocycles. The summed E-state index contributed by atoms with van der Waals surface area (Å²) in [6.45, 7) is 15.0. The van der Waals surface area contributed by atoms with Crippen molar-refractivity contribution < 1.29 is 38.3 Å². The number of hydrogen-bond acceptors (Lipinski definition) is 6. The smallest absolute Gasteiger partial charge is 0.269 e. The lowest BCUT2D eigenvalue weighted by Gasteiger charge is -2.39. The Balaban J connectivity index is 0. The number of benzene rings is 1. The van der Waals surface area contributed by atoms with Crippen molar-refractivity contribution in [3.8, 4) is 0 Å². The van der Waals surface area contributed by atoms with Gasteiger partial charge in [-0.3, -0.25) is 10.1 Å². The summed E-state index contributed by atoms with van der Waals surface area (Å²) in [6.07, 6.45) is 11.1. The molecule has 0 saturated heterocycles. The summed E-state index contributed by atoms with van der Waals surface area (Å²) in [5.74, 6) is 0. The van der Waals surface area contributed by atoms with Gasteiger partial charge in [-0.2, -0.15) is 0 Å². The molecule has 0 saturated carbocycles. The Hall–Kier alpha value is -1.29. The fourth-order valence-corrected chi connectivity index (χ4v) is 3.19. The second-order valence-corrected chi connectivity index (χ2v) is 8.38. The van der Waals surface area contributed by atoms with Gasteiger partial charge in [-0.15, -0.1) is 10.2 Å². The van der Waals surface area contributed by atoms with Crippen LogP contribution in [0.5, 0.6) is 0 Å². The molecular formula is C22H41ClN2O6. The Morgan fingerprint density at radius 3 is 1.19 bits per heavy atom. The van der Waals surface area contributed by atoms with Crippen LogP contribution in [0.4, 0.5) is 5.69 Å². The Kier molecular flexibility index (Phi) is 20.0. The summed E-state index contributed by atoms with van der Waals surface area (Å²) in [5, 5.41) is 10.0. The zero-order chi connectivity index (χ0) is 24.2. The zero-order valence-corrected chi connectivity index (χ0v) is 20.3. The van der Waals surface area contributed by atoms with Gasteiger partial charge in [0.05, 0.1) is 31.1 Å². The third kappa shape index (κ3) is 21.7. The SMILES string of the molecule is CCCC[N+](CCCC)(CCCC)CCCC.O=[N+]([O-])c1ccccc1.[O-][Cl+3]([O-])([O-])[O-]. The molecule has 0 N–H and O–H groups in total. The van der Waals surface area contributed by atoms with Gasteiger partial charge in [-0.1, -0.05) is 71.6 Å². The van der Waals surface area contributed by atoms with Gasteiger partial charge in [0.1, 0.15) is 0 Å². The number of unbranched alkanes of at least 4 members (excludes halogenated alkanes) is 4. The van der Waals surface area contributed by atoms with Crippen LogP contribution in [0.3, 0.4) is 0 Å². The number of halogens is 1. The molecule has 1 rings (SSSR count).